The number of pyridine rings is 1. The van der Waals surface area contributed by atoms with Gasteiger partial charge in [-0.25, -0.2) is 0 Å². The van der Waals surface area contributed by atoms with Crippen molar-refractivity contribution in [1.82, 2.24) is 9.88 Å². The van der Waals surface area contributed by atoms with Crippen LogP contribution in [0.1, 0.15) is 51.8 Å². The first-order valence-corrected chi connectivity index (χ1v) is 7.04. The van der Waals surface area contributed by atoms with E-state index >= 15 is 0 Å². The molecule has 1 aromatic rings. The summed E-state index contributed by atoms with van der Waals surface area (Å²) in [5.74, 6) is 0. The Hall–Kier alpha value is -0.930. The van der Waals surface area contributed by atoms with Gasteiger partial charge >= 0.3 is 0 Å². The number of nitrogens with zero attached hydrogens (tertiary/aromatic N) is 2. The Balaban J connectivity index is 2.98. The second kappa shape index (κ2) is 7.49. The van der Waals surface area contributed by atoms with Crippen LogP contribution in [0.3, 0.4) is 0 Å². The predicted molar refractivity (Wildman–Crippen MR) is 77.4 cm³/mol. The molecule has 102 valence electrons. The number of hydrogen-bond acceptors (Lipinski definition) is 3. The van der Waals surface area contributed by atoms with E-state index < -0.39 is 0 Å². The molecule has 2 atom stereocenters. The van der Waals surface area contributed by atoms with Gasteiger partial charge in [-0.2, -0.15) is 0 Å². The Morgan fingerprint density at radius 1 is 1.17 bits per heavy atom. The van der Waals surface area contributed by atoms with Gasteiger partial charge in [0.25, 0.3) is 0 Å². The molecule has 0 fully saturated rings. The molecule has 18 heavy (non-hydrogen) atoms. The van der Waals surface area contributed by atoms with Crippen LogP contribution in [0.15, 0.2) is 24.4 Å². The average molecular weight is 249 g/mol. The Kier molecular flexibility index (Phi) is 6.30. The average Bonchev–Trinajstić information content (AvgIpc) is 2.41. The van der Waals surface area contributed by atoms with Gasteiger partial charge in [0.05, 0.1) is 11.7 Å². The molecule has 1 aromatic heterocycles. The van der Waals surface area contributed by atoms with E-state index in [0.29, 0.717) is 6.04 Å². The fraction of sp³-hybridized carbons (Fsp3) is 0.667. The lowest BCUT2D eigenvalue weighted by atomic mass is 9.98. The van der Waals surface area contributed by atoms with E-state index in [-0.39, 0.29) is 12.1 Å². The summed E-state index contributed by atoms with van der Waals surface area (Å²) in [7, 11) is 2.17. The third-order valence-corrected chi connectivity index (χ3v) is 3.82. The van der Waals surface area contributed by atoms with Crippen LogP contribution < -0.4 is 5.73 Å². The molecule has 1 heterocycles. The summed E-state index contributed by atoms with van der Waals surface area (Å²) in [6.07, 6.45) is 5.11. The van der Waals surface area contributed by atoms with Gasteiger partial charge in [-0.1, -0.05) is 26.8 Å². The molecule has 3 nitrogen and oxygen atoms in total. The monoisotopic (exact) mass is 249 g/mol. The Bertz CT molecular complexity index is 322. The standard InChI is InChI=1S/C15H27N3/c1-5-12(6-2)18(4)15(13(16)7-3)14-10-8-9-11-17-14/h8-13,15H,5-7,16H2,1-4H3. The molecule has 0 amide bonds. The zero-order valence-electron chi connectivity index (χ0n) is 12.1. The number of nitrogens with two attached hydrogens (primary N) is 1. The molecule has 0 aliphatic heterocycles. The van der Waals surface area contributed by atoms with Gasteiger partial charge in [-0.05, 0) is 38.4 Å². The summed E-state index contributed by atoms with van der Waals surface area (Å²) in [5.41, 5.74) is 7.40. The summed E-state index contributed by atoms with van der Waals surface area (Å²) < 4.78 is 0. The van der Waals surface area contributed by atoms with Gasteiger partial charge in [0, 0.05) is 18.3 Å². The zero-order valence-corrected chi connectivity index (χ0v) is 12.1. The molecule has 2 unspecified atom stereocenters. The van der Waals surface area contributed by atoms with Gasteiger partial charge in [-0.15, -0.1) is 0 Å². The van der Waals surface area contributed by atoms with Crippen molar-refractivity contribution in [2.24, 2.45) is 5.73 Å². The van der Waals surface area contributed by atoms with Crippen molar-refractivity contribution >= 4 is 0 Å². The molecule has 0 saturated carbocycles. The topological polar surface area (TPSA) is 42.1 Å². The molecule has 2 N–H and O–H groups in total. The Labute approximate surface area is 111 Å². The summed E-state index contributed by atoms with van der Waals surface area (Å²) >= 11 is 0. The lowest BCUT2D eigenvalue weighted by Crippen LogP contribution is -2.44. The van der Waals surface area contributed by atoms with Crippen LogP contribution >= 0.6 is 0 Å². The fourth-order valence-electron chi connectivity index (χ4n) is 2.60. The summed E-state index contributed by atoms with van der Waals surface area (Å²) in [6.45, 7) is 6.61. The van der Waals surface area contributed by atoms with Gasteiger partial charge in [0.1, 0.15) is 0 Å². The van der Waals surface area contributed by atoms with Crippen molar-refractivity contribution in [2.75, 3.05) is 7.05 Å². The molecule has 0 aliphatic rings. The largest absolute Gasteiger partial charge is 0.326 e. The Morgan fingerprint density at radius 3 is 2.28 bits per heavy atom. The van der Waals surface area contributed by atoms with Crippen molar-refractivity contribution in [3.8, 4) is 0 Å². The minimum Gasteiger partial charge on any atom is -0.326 e. The molecule has 0 aromatic carbocycles. The predicted octanol–water partition coefficient (Wildman–Crippen LogP) is 2.98. The van der Waals surface area contributed by atoms with Gasteiger partial charge < -0.3 is 5.73 Å². The highest BCUT2D eigenvalue weighted by Gasteiger charge is 2.27. The van der Waals surface area contributed by atoms with Gasteiger partial charge in [0.2, 0.25) is 0 Å². The minimum atomic E-state index is 0.130. The van der Waals surface area contributed by atoms with E-state index in [1.165, 1.54) is 0 Å². The van der Waals surface area contributed by atoms with Crippen molar-refractivity contribution in [2.45, 2.75) is 58.2 Å². The van der Waals surface area contributed by atoms with Crippen LogP contribution in [-0.2, 0) is 0 Å². The maximum atomic E-state index is 6.32. The summed E-state index contributed by atoms with van der Waals surface area (Å²) in [6, 6.07) is 6.98. The molecule has 0 spiro atoms. The first-order chi connectivity index (χ1) is 8.65. The normalized spacial score (nSPS) is 15.1. The van der Waals surface area contributed by atoms with Gasteiger partial charge in [0.15, 0.2) is 0 Å². The van der Waals surface area contributed by atoms with E-state index in [9.17, 15) is 0 Å². The second-order valence-corrected chi connectivity index (χ2v) is 4.91. The zero-order chi connectivity index (χ0) is 13.5. The van der Waals surface area contributed by atoms with Crippen LogP contribution in [0, 0.1) is 0 Å². The lowest BCUT2D eigenvalue weighted by Gasteiger charge is -2.37. The SMILES string of the molecule is CCC(N)C(c1ccccn1)N(C)C(CC)CC. The molecule has 0 bridgehead atoms. The van der Waals surface area contributed by atoms with Crippen molar-refractivity contribution < 1.29 is 0 Å². The van der Waals surface area contributed by atoms with E-state index in [4.69, 9.17) is 5.73 Å². The van der Waals surface area contributed by atoms with Gasteiger partial charge in [-0.3, -0.25) is 9.88 Å². The van der Waals surface area contributed by atoms with Crippen LogP contribution in [0.2, 0.25) is 0 Å². The molecular weight excluding hydrogens is 222 g/mol. The molecule has 0 saturated heterocycles. The highest BCUT2D eigenvalue weighted by Crippen LogP contribution is 2.25. The first kappa shape index (κ1) is 15.1. The number of aromatic nitrogens is 1. The van der Waals surface area contributed by atoms with Crippen LogP contribution in [0.5, 0.6) is 0 Å². The lowest BCUT2D eigenvalue weighted by molar-refractivity contribution is 0.137. The van der Waals surface area contributed by atoms with Crippen LogP contribution in [-0.4, -0.2) is 29.0 Å². The highest BCUT2D eigenvalue weighted by molar-refractivity contribution is 5.11. The Morgan fingerprint density at radius 2 is 1.83 bits per heavy atom. The number of rotatable bonds is 7. The van der Waals surface area contributed by atoms with Crippen molar-refractivity contribution in [1.29, 1.82) is 0 Å². The second-order valence-electron chi connectivity index (χ2n) is 4.91. The summed E-state index contributed by atoms with van der Waals surface area (Å²) in [5, 5.41) is 0. The fourth-order valence-corrected chi connectivity index (χ4v) is 2.60. The molecule has 0 aliphatic carbocycles. The van der Waals surface area contributed by atoms with E-state index in [0.717, 1.165) is 25.0 Å². The van der Waals surface area contributed by atoms with Crippen molar-refractivity contribution in [3.05, 3.63) is 30.1 Å². The van der Waals surface area contributed by atoms with E-state index in [1.807, 2.05) is 18.3 Å². The summed E-state index contributed by atoms with van der Waals surface area (Å²) in [4.78, 5) is 6.90. The molecule has 3 heteroatoms. The maximum Gasteiger partial charge on any atom is 0.0673 e. The molecular formula is C15H27N3. The van der Waals surface area contributed by atoms with Crippen LogP contribution in [0.4, 0.5) is 0 Å². The quantitative estimate of drug-likeness (QED) is 0.808. The third-order valence-electron chi connectivity index (χ3n) is 3.82. The minimum absolute atomic E-state index is 0.130. The van der Waals surface area contributed by atoms with Crippen LogP contribution in [0.25, 0.3) is 0 Å². The third kappa shape index (κ3) is 3.53. The smallest absolute Gasteiger partial charge is 0.0673 e. The van der Waals surface area contributed by atoms with E-state index in [1.54, 1.807) is 0 Å². The van der Waals surface area contributed by atoms with Crippen molar-refractivity contribution in [3.63, 3.8) is 0 Å². The highest BCUT2D eigenvalue weighted by atomic mass is 15.2. The molecule has 0 radical (unpaired) electrons. The number of hydrogen-bond donors (Lipinski definition) is 1. The van der Waals surface area contributed by atoms with E-state index in [2.05, 4.69) is 43.8 Å². The maximum absolute atomic E-state index is 6.32. The first-order valence-electron chi connectivity index (χ1n) is 7.04. The molecule has 1 rings (SSSR count). The number of likely N-dealkylation sites (N-methyl/N-ethyl adjacent to an activating group) is 1.